The van der Waals surface area contributed by atoms with Crippen molar-refractivity contribution in [1.29, 1.82) is 5.26 Å². The van der Waals surface area contributed by atoms with Crippen LogP contribution in [-0.2, 0) is 0 Å². The molecule has 5 heteroatoms. The summed E-state index contributed by atoms with van der Waals surface area (Å²) in [6, 6.07) is 1.92. The molecule has 0 aromatic carbocycles. The molecular weight excluding hydrogens is 209 g/mol. The largest absolute Gasteiger partial charge is 0.337 e. The summed E-state index contributed by atoms with van der Waals surface area (Å²) in [5.41, 5.74) is 0. The second kappa shape index (κ2) is 6.31. The lowest BCUT2D eigenvalue weighted by Crippen LogP contribution is -2.45. The van der Waals surface area contributed by atoms with Crippen LogP contribution in [-0.4, -0.2) is 37.2 Å². The van der Waals surface area contributed by atoms with Crippen LogP contribution >= 0.6 is 0 Å². The number of carbonyl (C=O) groups excluding carboxylic acids is 1. The number of halogens is 1. The molecule has 16 heavy (non-hydrogen) atoms. The number of rotatable bonds is 3. The molecule has 1 aliphatic rings. The topological polar surface area (TPSA) is 56.1 Å². The van der Waals surface area contributed by atoms with Crippen molar-refractivity contribution in [2.24, 2.45) is 11.8 Å². The number of amides is 2. The third-order valence-corrected chi connectivity index (χ3v) is 2.90. The molecule has 0 saturated carbocycles. The van der Waals surface area contributed by atoms with E-state index < -0.39 is 0 Å². The van der Waals surface area contributed by atoms with Gasteiger partial charge in [0, 0.05) is 19.6 Å². The van der Waals surface area contributed by atoms with Gasteiger partial charge in [0.05, 0.1) is 18.7 Å². The van der Waals surface area contributed by atoms with Crippen LogP contribution in [0.25, 0.3) is 0 Å². The molecule has 1 unspecified atom stereocenters. The van der Waals surface area contributed by atoms with Gasteiger partial charge in [-0.2, -0.15) is 5.26 Å². The number of carbonyl (C=O) groups is 1. The van der Waals surface area contributed by atoms with Crippen molar-refractivity contribution in [1.82, 2.24) is 10.2 Å². The minimum atomic E-state index is -0.291. The molecule has 0 aromatic heterocycles. The maximum Gasteiger partial charge on any atom is 0.317 e. The van der Waals surface area contributed by atoms with Gasteiger partial charge in [0.1, 0.15) is 0 Å². The molecular formula is C11H18FN3O. The van der Waals surface area contributed by atoms with E-state index in [-0.39, 0.29) is 24.5 Å². The molecule has 1 atom stereocenters. The van der Waals surface area contributed by atoms with Crippen LogP contribution in [0.15, 0.2) is 0 Å². The summed E-state index contributed by atoms with van der Waals surface area (Å²) in [6.07, 6.45) is 1.47. The SMILES string of the molecule is CC(C#N)CNC(=O)N1CCC(CF)CC1. The molecule has 1 heterocycles. The Hall–Kier alpha value is -1.31. The summed E-state index contributed by atoms with van der Waals surface area (Å²) in [7, 11) is 0. The lowest BCUT2D eigenvalue weighted by molar-refractivity contribution is 0.160. The third kappa shape index (κ3) is 3.69. The highest BCUT2D eigenvalue weighted by molar-refractivity contribution is 5.74. The number of alkyl halides is 1. The van der Waals surface area contributed by atoms with Crippen molar-refractivity contribution in [3.63, 3.8) is 0 Å². The maximum absolute atomic E-state index is 12.4. The van der Waals surface area contributed by atoms with E-state index >= 15 is 0 Å². The van der Waals surface area contributed by atoms with E-state index in [1.807, 2.05) is 0 Å². The monoisotopic (exact) mass is 227 g/mol. The van der Waals surface area contributed by atoms with Gasteiger partial charge in [-0.25, -0.2) is 4.79 Å². The highest BCUT2D eigenvalue weighted by atomic mass is 19.1. The van der Waals surface area contributed by atoms with E-state index in [2.05, 4.69) is 11.4 Å². The summed E-state index contributed by atoms with van der Waals surface area (Å²) in [6.45, 7) is 3.07. The first-order chi connectivity index (χ1) is 7.67. The number of nitrogens with one attached hydrogen (secondary N) is 1. The van der Waals surface area contributed by atoms with Gasteiger partial charge in [0.15, 0.2) is 0 Å². The molecule has 0 spiro atoms. The first-order valence-corrected chi connectivity index (χ1v) is 5.65. The number of nitrogens with zero attached hydrogens (tertiary/aromatic N) is 2. The Balaban J connectivity index is 2.26. The average Bonchev–Trinajstić information content (AvgIpc) is 2.35. The van der Waals surface area contributed by atoms with Gasteiger partial charge >= 0.3 is 6.03 Å². The number of urea groups is 1. The quantitative estimate of drug-likeness (QED) is 0.795. The van der Waals surface area contributed by atoms with Crippen LogP contribution in [0.2, 0.25) is 0 Å². The molecule has 1 fully saturated rings. The number of hydrogen-bond donors (Lipinski definition) is 1. The molecule has 90 valence electrons. The Kier molecular flexibility index (Phi) is 5.03. The predicted octanol–water partition coefficient (Wildman–Crippen LogP) is 1.54. The zero-order valence-corrected chi connectivity index (χ0v) is 9.58. The fourth-order valence-corrected chi connectivity index (χ4v) is 1.69. The third-order valence-electron chi connectivity index (χ3n) is 2.90. The smallest absolute Gasteiger partial charge is 0.317 e. The highest BCUT2D eigenvalue weighted by Crippen LogP contribution is 2.17. The Labute approximate surface area is 95.4 Å². The van der Waals surface area contributed by atoms with Gasteiger partial charge in [0.2, 0.25) is 0 Å². The molecule has 0 aromatic rings. The van der Waals surface area contributed by atoms with Gasteiger partial charge in [-0.1, -0.05) is 0 Å². The molecule has 4 nitrogen and oxygen atoms in total. The fourth-order valence-electron chi connectivity index (χ4n) is 1.69. The van der Waals surface area contributed by atoms with E-state index in [1.165, 1.54) is 0 Å². The Morgan fingerprint density at radius 2 is 2.25 bits per heavy atom. The van der Waals surface area contributed by atoms with Gasteiger partial charge < -0.3 is 10.2 Å². The molecule has 1 rings (SSSR count). The Morgan fingerprint density at radius 3 is 2.75 bits per heavy atom. The van der Waals surface area contributed by atoms with Crippen LogP contribution in [0, 0.1) is 23.2 Å². The molecule has 1 saturated heterocycles. The van der Waals surface area contributed by atoms with Crippen LogP contribution in [0.1, 0.15) is 19.8 Å². The Morgan fingerprint density at radius 1 is 1.62 bits per heavy atom. The molecule has 0 bridgehead atoms. The molecule has 0 aliphatic carbocycles. The second-order valence-corrected chi connectivity index (χ2v) is 4.30. The first-order valence-electron chi connectivity index (χ1n) is 5.65. The van der Waals surface area contributed by atoms with Crippen molar-refractivity contribution in [2.75, 3.05) is 26.3 Å². The number of likely N-dealkylation sites (tertiary alicyclic amines) is 1. The molecule has 2 amide bonds. The van der Waals surface area contributed by atoms with E-state index in [9.17, 15) is 9.18 Å². The molecule has 0 radical (unpaired) electrons. The molecule has 1 aliphatic heterocycles. The van der Waals surface area contributed by atoms with Crippen LogP contribution in [0.5, 0.6) is 0 Å². The predicted molar refractivity (Wildman–Crippen MR) is 58.4 cm³/mol. The van der Waals surface area contributed by atoms with Crippen molar-refractivity contribution in [3.05, 3.63) is 0 Å². The van der Waals surface area contributed by atoms with Crippen LogP contribution in [0.3, 0.4) is 0 Å². The maximum atomic E-state index is 12.4. The van der Waals surface area contributed by atoms with Crippen molar-refractivity contribution in [3.8, 4) is 6.07 Å². The minimum absolute atomic E-state index is 0.113. The minimum Gasteiger partial charge on any atom is -0.337 e. The number of piperidine rings is 1. The normalized spacial score (nSPS) is 18.9. The fraction of sp³-hybridized carbons (Fsp3) is 0.818. The summed E-state index contributed by atoms with van der Waals surface area (Å²) < 4.78 is 12.4. The van der Waals surface area contributed by atoms with Crippen molar-refractivity contribution < 1.29 is 9.18 Å². The van der Waals surface area contributed by atoms with E-state index in [4.69, 9.17) is 5.26 Å². The van der Waals surface area contributed by atoms with E-state index in [1.54, 1.807) is 11.8 Å². The van der Waals surface area contributed by atoms with E-state index in [0.29, 0.717) is 19.6 Å². The standard InChI is InChI=1S/C11H18FN3O/c1-9(7-13)8-14-11(16)15-4-2-10(6-12)3-5-15/h9-10H,2-6,8H2,1H3,(H,14,16). The first kappa shape index (κ1) is 12.8. The summed E-state index contributed by atoms with van der Waals surface area (Å²) >= 11 is 0. The van der Waals surface area contributed by atoms with Crippen molar-refractivity contribution >= 4 is 6.03 Å². The van der Waals surface area contributed by atoms with Gasteiger partial charge in [-0.05, 0) is 25.7 Å². The zero-order valence-electron chi connectivity index (χ0n) is 9.58. The van der Waals surface area contributed by atoms with E-state index in [0.717, 1.165) is 12.8 Å². The van der Waals surface area contributed by atoms with Crippen LogP contribution < -0.4 is 5.32 Å². The number of nitriles is 1. The Bertz CT molecular complexity index is 269. The van der Waals surface area contributed by atoms with Crippen LogP contribution in [0.4, 0.5) is 9.18 Å². The summed E-state index contributed by atoms with van der Waals surface area (Å²) in [4.78, 5) is 13.3. The lowest BCUT2D eigenvalue weighted by atomic mass is 9.99. The van der Waals surface area contributed by atoms with Gasteiger partial charge in [-0.3, -0.25) is 4.39 Å². The second-order valence-electron chi connectivity index (χ2n) is 4.30. The summed E-state index contributed by atoms with van der Waals surface area (Å²) in [5.74, 6) is -0.0607. The number of hydrogen-bond acceptors (Lipinski definition) is 2. The zero-order chi connectivity index (χ0) is 12.0. The lowest BCUT2D eigenvalue weighted by Gasteiger charge is -2.30. The summed E-state index contributed by atoms with van der Waals surface area (Å²) in [5, 5.41) is 11.3. The van der Waals surface area contributed by atoms with Crippen molar-refractivity contribution in [2.45, 2.75) is 19.8 Å². The van der Waals surface area contributed by atoms with Gasteiger partial charge in [0.25, 0.3) is 0 Å². The molecule has 1 N–H and O–H groups in total. The average molecular weight is 227 g/mol. The van der Waals surface area contributed by atoms with Gasteiger partial charge in [-0.15, -0.1) is 0 Å². The highest BCUT2D eigenvalue weighted by Gasteiger charge is 2.22.